The standard InChI is InChI=1S/C40H58F4O14S2/c1-9-34(6,30(46)58-36(8)27-12-24-13-28(36)19-38(15-24,18-27)32(48)56-22(3)40(43,44)60(52,53)54)20-33(4,5)29(45)57-35(7)25-10-23-11-26(35)17-37(14-23,16-25)31(47)55-21(2)39(41,42)59(49,50)51/h21-28H,9-20H2,1-8H3,(H,49,50,51)(H,52,53,54). The van der Waals surface area contributed by atoms with E-state index < -0.39 is 99.7 Å². The number of ether oxygens (including phenoxy) is 4. The van der Waals surface area contributed by atoms with Gasteiger partial charge in [-0.2, -0.15) is 34.4 Å². The van der Waals surface area contributed by atoms with Crippen LogP contribution in [-0.4, -0.2) is 83.7 Å². The van der Waals surface area contributed by atoms with Crippen molar-refractivity contribution in [2.75, 3.05) is 0 Å². The van der Waals surface area contributed by atoms with Crippen LogP contribution in [-0.2, 0) is 58.4 Å². The first-order valence-electron chi connectivity index (χ1n) is 20.7. The Bertz CT molecular complexity index is 1990. The van der Waals surface area contributed by atoms with Crippen LogP contribution in [0.5, 0.6) is 0 Å². The quantitative estimate of drug-likeness (QED) is 0.0741. The van der Waals surface area contributed by atoms with Gasteiger partial charge in [-0.25, -0.2) is 0 Å². The number of alkyl halides is 4. The molecule has 0 aromatic heterocycles. The van der Waals surface area contributed by atoms with Gasteiger partial charge in [0.05, 0.1) is 21.7 Å². The number of carbonyl (C=O) groups excluding carboxylic acids is 4. The van der Waals surface area contributed by atoms with E-state index in [2.05, 4.69) is 0 Å². The van der Waals surface area contributed by atoms with Crippen LogP contribution in [0, 0.1) is 57.2 Å². The zero-order valence-electron chi connectivity index (χ0n) is 35.2. The van der Waals surface area contributed by atoms with Crippen molar-refractivity contribution in [1.82, 2.24) is 0 Å². The molecule has 0 amide bonds. The van der Waals surface area contributed by atoms with E-state index in [4.69, 9.17) is 28.1 Å². The van der Waals surface area contributed by atoms with Gasteiger partial charge >= 0.3 is 54.6 Å². The minimum Gasteiger partial charge on any atom is -0.458 e. The number of rotatable bonds is 15. The van der Waals surface area contributed by atoms with E-state index in [-0.39, 0.29) is 74.0 Å². The van der Waals surface area contributed by atoms with Crippen molar-refractivity contribution in [2.45, 2.75) is 166 Å². The van der Waals surface area contributed by atoms with Gasteiger partial charge in [0.1, 0.15) is 11.2 Å². The molecule has 7 unspecified atom stereocenters. The second-order valence-electron chi connectivity index (χ2n) is 20.5. The molecule has 0 radical (unpaired) electrons. The smallest absolute Gasteiger partial charge is 0.405 e. The molecule has 0 aromatic carbocycles. The van der Waals surface area contributed by atoms with Gasteiger partial charge in [-0.1, -0.05) is 6.92 Å². The molecule has 8 aliphatic rings. The largest absolute Gasteiger partial charge is 0.458 e. The molecule has 20 heteroatoms. The van der Waals surface area contributed by atoms with Crippen LogP contribution in [0.1, 0.15) is 132 Å². The van der Waals surface area contributed by atoms with E-state index in [0.29, 0.717) is 52.4 Å². The fourth-order valence-corrected chi connectivity index (χ4v) is 13.3. The minimum atomic E-state index is -5.85. The Morgan fingerprint density at radius 1 is 0.633 bits per heavy atom. The molecule has 8 rings (SSSR count). The van der Waals surface area contributed by atoms with Crippen molar-refractivity contribution in [3.05, 3.63) is 0 Å². The van der Waals surface area contributed by atoms with Gasteiger partial charge in [-0.05, 0) is 137 Å². The molecule has 342 valence electrons. The second-order valence-corrected chi connectivity index (χ2v) is 23.5. The molecule has 8 aliphatic carbocycles. The number of carbonyl (C=O) groups is 4. The van der Waals surface area contributed by atoms with Gasteiger partial charge in [0, 0.05) is 23.7 Å². The van der Waals surface area contributed by atoms with Gasteiger partial charge in [-0.15, -0.1) is 0 Å². The molecular weight excluding hydrogens is 845 g/mol. The maximum atomic E-state index is 14.3. The number of halogens is 4. The van der Waals surface area contributed by atoms with Crippen LogP contribution in [0.15, 0.2) is 0 Å². The molecule has 0 aliphatic heterocycles. The third kappa shape index (κ3) is 7.45. The third-order valence-electron chi connectivity index (χ3n) is 16.0. The topological polar surface area (TPSA) is 214 Å². The van der Waals surface area contributed by atoms with Crippen molar-refractivity contribution in [3.63, 3.8) is 0 Å². The fraction of sp³-hybridized carbons (Fsp3) is 0.900. The Morgan fingerprint density at radius 3 is 1.25 bits per heavy atom. The second kappa shape index (κ2) is 14.5. The average molecular weight is 903 g/mol. The molecule has 7 atom stereocenters. The summed E-state index contributed by atoms with van der Waals surface area (Å²) in [6.45, 7) is 11.8. The Kier molecular flexibility index (Phi) is 11.3. The van der Waals surface area contributed by atoms with Crippen molar-refractivity contribution in [1.29, 1.82) is 0 Å². The molecule has 8 saturated carbocycles. The maximum absolute atomic E-state index is 14.3. The molecular formula is C40H58F4O14S2. The third-order valence-corrected chi connectivity index (χ3v) is 18.0. The summed E-state index contributed by atoms with van der Waals surface area (Å²) in [5, 5.41) is -9.43. The number of hydrogen-bond donors (Lipinski definition) is 2. The Balaban J connectivity index is 1.12. The van der Waals surface area contributed by atoms with Gasteiger partial charge in [0.25, 0.3) is 0 Å². The van der Waals surface area contributed by atoms with E-state index in [1.165, 1.54) is 0 Å². The first-order chi connectivity index (χ1) is 27.1. The van der Waals surface area contributed by atoms with Crippen LogP contribution >= 0.6 is 0 Å². The summed E-state index contributed by atoms with van der Waals surface area (Å²) >= 11 is 0. The van der Waals surface area contributed by atoms with Gasteiger partial charge in [0.15, 0.2) is 12.2 Å². The number of esters is 4. The van der Waals surface area contributed by atoms with E-state index in [1.54, 1.807) is 41.5 Å². The Hall–Kier alpha value is -2.58. The van der Waals surface area contributed by atoms with E-state index in [1.807, 2.05) is 0 Å². The summed E-state index contributed by atoms with van der Waals surface area (Å²) < 4.78 is 143. The van der Waals surface area contributed by atoms with Gasteiger partial charge in [-0.3, -0.25) is 28.3 Å². The van der Waals surface area contributed by atoms with Crippen LogP contribution in [0.25, 0.3) is 0 Å². The lowest BCUT2D eigenvalue weighted by atomic mass is 9.45. The predicted octanol–water partition coefficient (Wildman–Crippen LogP) is 6.90. The summed E-state index contributed by atoms with van der Waals surface area (Å²) in [4.78, 5) is 55.5. The Labute approximate surface area is 348 Å². The molecule has 0 heterocycles. The average Bonchev–Trinajstić information content (AvgIpc) is 3.11. The van der Waals surface area contributed by atoms with E-state index in [0.717, 1.165) is 0 Å². The molecule has 0 spiro atoms. The lowest BCUT2D eigenvalue weighted by molar-refractivity contribution is -0.236. The maximum Gasteiger partial charge on any atom is 0.405 e. The highest BCUT2D eigenvalue weighted by Gasteiger charge is 2.68. The summed E-state index contributed by atoms with van der Waals surface area (Å²) in [5.74, 6) is -4.50. The fourth-order valence-electron chi connectivity index (χ4n) is 12.4. The molecule has 8 bridgehead atoms. The highest BCUT2D eigenvalue weighted by atomic mass is 32.2. The lowest BCUT2D eigenvalue weighted by Crippen LogP contribution is -2.64. The van der Waals surface area contributed by atoms with E-state index >= 15 is 0 Å². The molecule has 2 N–H and O–H groups in total. The van der Waals surface area contributed by atoms with Crippen LogP contribution in [0.2, 0.25) is 0 Å². The van der Waals surface area contributed by atoms with Gasteiger partial charge < -0.3 is 18.9 Å². The summed E-state index contributed by atoms with van der Waals surface area (Å²) in [5.41, 5.74) is -6.94. The molecule has 60 heavy (non-hydrogen) atoms. The number of hydrogen-bond acceptors (Lipinski definition) is 12. The minimum absolute atomic E-state index is 0.0100. The lowest BCUT2D eigenvalue weighted by Gasteiger charge is -2.63. The van der Waals surface area contributed by atoms with Crippen LogP contribution in [0.4, 0.5) is 17.6 Å². The monoisotopic (exact) mass is 902 g/mol. The van der Waals surface area contributed by atoms with E-state index in [9.17, 15) is 53.6 Å². The molecule has 14 nitrogen and oxygen atoms in total. The van der Waals surface area contributed by atoms with Crippen LogP contribution < -0.4 is 0 Å². The SMILES string of the molecule is CCC(C)(CC(C)(C)C(=O)OC1(C)C2CC3CC1CC(C(=O)OC(C)C(F)(F)S(=O)(=O)O)(C3)C2)C(=O)OC1(C)C2CC3CC1CC(C(=O)OC(C)C(F)(F)S(=O)(=O)O)(C3)C2. The first kappa shape index (κ1) is 46.9. The zero-order valence-corrected chi connectivity index (χ0v) is 36.9. The van der Waals surface area contributed by atoms with Crippen LogP contribution in [0.3, 0.4) is 0 Å². The Morgan fingerprint density at radius 2 is 0.950 bits per heavy atom. The highest BCUT2D eigenvalue weighted by Crippen LogP contribution is 2.67. The highest BCUT2D eigenvalue weighted by molar-refractivity contribution is 7.87. The zero-order chi connectivity index (χ0) is 45.2. The van der Waals surface area contributed by atoms with Gasteiger partial charge in [0.2, 0.25) is 0 Å². The summed E-state index contributed by atoms with van der Waals surface area (Å²) in [6.07, 6.45) is -0.885. The predicted molar refractivity (Wildman–Crippen MR) is 202 cm³/mol. The van der Waals surface area contributed by atoms with Crippen molar-refractivity contribution in [3.8, 4) is 0 Å². The first-order valence-corrected chi connectivity index (χ1v) is 23.6. The van der Waals surface area contributed by atoms with Crippen molar-refractivity contribution in [2.24, 2.45) is 57.2 Å². The molecule has 0 saturated heterocycles. The summed E-state index contributed by atoms with van der Waals surface area (Å²) in [7, 11) is -11.7. The normalized spacial score (nSPS) is 38.1. The van der Waals surface area contributed by atoms with Crippen molar-refractivity contribution >= 4 is 44.1 Å². The molecule has 8 fully saturated rings. The summed E-state index contributed by atoms with van der Waals surface area (Å²) in [6, 6.07) is 0. The molecule has 0 aromatic rings. The van der Waals surface area contributed by atoms with Crippen molar-refractivity contribution < 1.29 is 81.6 Å².